The summed E-state index contributed by atoms with van der Waals surface area (Å²) in [4.78, 5) is 4.39. The number of aromatic nitrogens is 2. The molecule has 2 aromatic carbocycles. The number of benzene rings is 2. The fourth-order valence-electron chi connectivity index (χ4n) is 2.13. The van der Waals surface area contributed by atoms with Crippen molar-refractivity contribution in [2.45, 2.75) is 4.90 Å². The number of fused-ring (bicyclic) bond motifs is 1. The van der Waals surface area contributed by atoms with Gasteiger partial charge in [-0.15, -0.1) is 11.8 Å². The molecule has 0 unspecified atom stereocenters. The van der Waals surface area contributed by atoms with Crippen LogP contribution in [0, 0.1) is 4.77 Å². The summed E-state index contributed by atoms with van der Waals surface area (Å²) in [5.41, 5.74) is 3.07. The number of hydrogen-bond donors (Lipinski definition) is 1. The normalized spacial score (nSPS) is 11.1. The number of nitrogens with one attached hydrogen (secondary N) is 1. The Balaban J connectivity index is 2.39. The lowest BCUT2D eigenvalue weighted by atomic mass is 10.3. The zero-order valence-corrected chi connectivity index (χ0v) is 12.6. The second kappa shape index (κ2) is 5.04. The third-order valence-electron chi connectivity index (χ3n) is 2.97. The summed E-state index contributed by atoms with van der Waals surface area (Å²) in [6, 6.07) is 13.9. The monoisotopic (exact) mass is 306 g/mol. The summed E-state index contributed by atoms with van der Waals surface area (Å²) in [6.45, 7) is 0. The number of H-pyrrole nitrogens is 1. The van der Waals surface area contributed by atoms with E-state index in [1.807, 2.05) is 34.9 Å². The van der Waals surface area contributed by atoms with Crippen molar-refractivity contribution in [2.75, 3.05) is 6.26 Å². The van der Waals surface area contributed by atoms with Crippen molar-refractivity contribution in [2.24, 2.45) is 0 Å². The maximum Gasteiger partial charge on any atom is 0.182 e. The first-order valence-corrected chi connectivity index (χ1v) is 7.75. The van der Waals surface area contributed by atoms with Gasteiger partial charge in [-0.3, -0.25) is 4.57 Å². The van der Waals surface area contributed by atoms with Crippen molar-refractivity contribution in [1.82, 2.24) is 9.55 Å². The second-order valence-electron chi connectivity index (χ2n) is 4.10. The van der Waals surface area contributed by atoms with E-state index in [9.17, 15) is 0 Å². The minimum Gasteiger partial charge on any atom is -0.330 e. The Morgan fingerprint density at radius 1 is 1.21 bits per heavy atom. The van der Waals surface area contributed by atoms with Gasteiger partial charge in [-0.05, 0) is 48.8 Å². The highest BCUT2D eigenvalue weighted by Gasteiger charge is 2.10. The van der Waals surface area contributed by atoms with E-state index in [-0.39, 0.29) is 0 Å². The molecule has 5 heteroatoms. The average molecular weight is 307 g/mol. The van der Waals surface area contributed by atoms with Crippen LogP contribution in [0.3, 0.4) is 0 Å². The Bertz CT molecular complexity index is 805. The summed E-state index contributed by atoms with van der Waals surface area (Å²) in [5, 5.41) is 0.705. The molecule has 96 valence electrons. The van der Waals surface area contributed by atoms with Gasteiger partial charge in [-0.1, -0.05) is 23.7 Å². The molecule has 0 spiro atoms. The van der Waals surface area contributed by atoms with E-state index < -0.39 is 0 Å². The Morgan fingerprint density at radius 3 is 2.79 bits per heavy atom. The SMILES string of the molecule is CSc1ccccc1-n1c(=S)[nH]c2ccc(Cl)cc21. The van der Waals surface area contributed by atoms with Crippen LogP contribution < -0.4 is 0 Å². The number of imidazole rings is 1. The fraction of sp³-hybridized carbons (Fsp3) is 0.0714. The van der Waals surface area contributed by atoms with Crippen LogP contribution in [0.4, 0.5) is 0 Å². The molecule has 1 heterocycles. The van der Waals surface area contributed by atoms with Gasteiger partial charge < -0.3 is 4.98 Å². The predicted molar refractivity (Wildman–Crippen MR) is 85.3 cm³/mol. The standard InChI is InChI=1S/C14H11ClN2S2/c1-19-13-5-3-2-4-11(13)17-12-8-9(15)6-7-10(12)16-14(17)18/h2-8H,1H3,(H,16,18). The highest BCUT2D eigenvalue weighted by Crippen LogP contribution is 2.28. The molecule has 0 aliphatic carbocycles. The lowest BCUT2D eigenvalue weighted by molar-refractivity contribution is 1.03. The van der Waals surface area contributed by atoms with Gasteiger partial charge in [0.05, 0.1) is 16.7 Å². The minimum atomic E-state index is 0.679. The zero-order valence-electron chi connectivity index (χ0n) is 10.2. The van der Waals surface area contributed by atoms with E-state index in [1.54, 1.807) is 11.8 Å². The molecule has 0 saturated heterocycles. The molecule has 2 nitrogen and oxygen atoms in total. The maximum absolute atomic E-state index is 6.09. The van der Waals surface area contributed by atoms with E-state index in [4.69, 9.17) is 23.8 Å². The number of halogens is 1. The Hall–Kier alpha value is -1.23. The van der Waals surface area contributed by atoms with Gasteiger partial charge >= 0.3 is 0 Å². The molecule has 0 aliphatic rings. The van der Waals surface area contributed by atoms with Gasteiger partial charge in [-0.2, -0.15) is 0 Å². The van der Waals surface area contributed by atoms with Crippen molar-refractivity contribution < 1.29 is 0 Å². The van der Waals surface area contributed by atoms with Gasteiger partial charge in [0, 0.05) is 9.92 Å². The Labute approximate surface area is 125 Å². The topological polar surface area (TPSA) is 20.7 Å². The molecular formula is C14H11ClN2S2. The maximum atomic E-state index is 6.09. The summed E-state index contributed by atoms with van der Waals surface area (Å²) in [6.07, 6.45) is 2.06. The van der Waals surface area contributed by atoms with Crippen LogP contribution >= 0.6 is 35.6 Å². The van der Waals surface area contributed by atoms with Crippen LogP contribution in [0.15, 0.2) is 47.4 Å². The van der Waals surface area contributed by atoms with Crippen molar-refractivity contribution in [3.8, 4) is 5.69 Å². The molecule has 1 N–H and O–H groups in total. The Kier molecular flexibility index (Phi) is 3.39. The van der Waals surface area contributed by atoms with E-state index in [1.165, 1.54) is 4.90 Å². The summed E-state index contributed by atoms with van der Waals surface area (Å²) in [5.74, 6) is 0. The number of hydrogen-bond acceptors (Lipinski definition) is 2. The summed E-state index contributed by atoms with van der Waals surface area (Å²) in [7, 11) is 0. The average Bonchev–Trinajstić information content (AvgIpc) is 2.74. The van der Waals surface area contributed by atoms with Gasteiger partial charge in [0.2, 0.25) is 0 Å². The highest BCUT2D eigenvalue weighted by atomic mass is 35.5. The molecular weight excluding hydrogens is 296 g/mol. The van der Waals surface area contributed by atoms with Crippen LogP contribution in [0.1, 0.15) is 0 Å². The highest BCUT2D eigenvalue weighted by molar-refractivity contribution is 7.98. The first-order valence-electron chi connectivity index (χ1n) is 5.74. The number of thioether (sulfide) groups is 1. The molecule has 3 rings (SSSR count). The molecule has 3 aromatic rings. The molecule has 1 aromatic heterocycles. The third-order valence-corrected chi connectivity index (χ3v) is 4.28. The van der Waals surface area contributed by atoms with Crippen molar-refractivity contribution in [3.63, 3.8) is 0 Å². The molecule has 0 atom stereocenters. The minimum absolute atomic E-state index is 0.679. The number of para-hydroxylation sites is 1. The Morgan fingerprint density at radius 2 is 2.00 bits per heavy atom. The molecule has 0 bridgehead atoms. The first kappa shape index (κ1) is 12.8. The molecule has 0 radical (unpaired) electrons. The molecule has 0 fully saturated rings. The molecule has 19 heavy (non-hydrogen) atoms. The van der Waals surface area contributed by atoms with Crippen LogP contribution in [0.25, 0.3) is 16.7 Å². The first-order chi connectivity index (χ1) is 9.20. The van der Waals surface area contributed by atoms with Crippen LogP contribution in [-0.4, -0.2) is 15.8 Å². The van der Waals surface area contributed by atoms with Gasteiger partial charge in [0.1, 0.15) is 0 Å². The smallest absolute Gasteiger partial charge is 0.182 e. The lowest BCUT2D eigenvalue weighted by Gasteiger charge is -2.09. The van der Waals surface area contributed by atoms with Crippen molar-refractivity contribution >= 4 is 46.6 Å². The largest absolute Gasteiger partial charge is 0.330 e. The van der Waals surface area contributed by atoms with Gasteiger partial charge in [0.15, 0.2) is 4.77 Å². The van der Waals surface area contributed by atoms with Gasteiger partial charge in [0.25, 0.3) is 0 Å². The quantitative estimate of drug-likeness (QED) is 0.527. The number of aromatic amines is 1. The van der Waals surface area contributed by atoms with Crippen LogP contribution in [-0.2, 0) is 0 Å². The predicted octanol–water partition coefficient (Wildman–Crippen LogP) is 5.06. The molecule has 0 aliphatic heterocycles. The van der Waals surface area contributed by atoms with Crippen LogP contribution in [0.2, 0.25) is 5.02 Å². The van der Waals surface area contributed by atoms with Gasteiger partial charge in [-0.25, -0.2) is 0 Å². The summed E-state index contributed by atoms with van der Waals surface area (Å²) >= 11 is 13.2. The van der Waals surface area contributed by atoms with E-state index in [0.29, 0.717) is 9.79 Å². The third kappa shape index (κ3) is 2.20. The second-order valence-corrected chi connectivity index (χ2v) is 5.77. The van der Waals surface area contributed by atoms with Crippen molar-refractivity contribution in [3.05, 3.63) is 52.3 Å². The zero-order chi connectivity index (χ0) is 13.4. The van der Waals surface area contributed by atoms with E-state index in [0.717, 1.165) is 16.7 Å². The molecule has 0 saturated carbocycles. The van der Waals surface area contributed by atoms with Crippen LogP contribution in [0.5, 0.6) is 0 Å². The summed E-state index contributed by atoms with van der Waals surface area (Å²) < 4.78 is 2.71. The fourth-order valence-corrected chi connectivity index (χ4v) is 3.19. The van der Waals surface area contributed by atoms with E-state index in [2.05, 4.69) is 23.4 Å². The number of rotatable bonds is 2. The lowest BCUT2D eigenvalue weighted by Crippen LogP contribution is -1.95. The van der Waals surface area contributed by atoms with E-state index >= 15 is 0 Å². The molecule has 0 amide bonds. The number of nitrogens with zero attached hydrogens (tertiary/aromatic N) is 1. The van der Waals surface area contributed by atoms with Crippen molar-refractivity contribution in [1.29, 1.82) is 0 Å².